The maximum absolute atomic E-state index is 12.7. The van der Waals surface area contributed by atoms with Crippen LogP contribution in [0.3, 0.4) is 0 Å². The number of hydrogen-bond acceptors (Lipinski definition) is 6. The molecule has 3 N–H and O–H groups in total. The van der Waals surface area contributed by atoms with Gasteiger partial charge in [-0.2, -0.15) is 4.98 Å². The van der Waals surface area contributed by atoms with Crippen molar-refractivity contribution >= 4 is 28.5 Å². The van der Waals surface area contributed by atoms with Gasteiger partial charge in [-0.05, 0) is 49.2 Å². The van der Waals surface area contributed by atoms with Crippen LogP contribution in [-0.2, 0) is 0 Å². The summed E-state index contributed by atoms with van der Waals surface area (Å²) in [7, 11) is 0. The Bertz CT molecular complexity index is 1180. The number of hydrogen-bond donors (Lipinski definition) is 2. The topological polar surface area (TPSA) is 103 Å². The molecule has 0 radical (unpaired) electrons. The number of amides is 1. The zero-order valence-electron chi connectivity index (χ0n) is 15.4. The summed E-state index contributed by atoms with van der Waals surface area (Å²) in [5, 5.41) is 3.59. The van der Waals surface area contributed by atoms with Crippen molar-refractivity contribution in [2.45, 2.75) is 13.8 Å². The van der Waals surface area contributed by atoms with Gasteiger partial charge in [-0.15, -0.1) is 0 Å². The number of carbonyl (C=O) groups is 1. The highest BCUT2D eigenvalue weighted by Gasteiger charge is 2.15. The van der Waals surface area contributed by atoms with E-state index >= 15 is 0 Å². The molecule has 28 heavy (non-hydrogen) atoms. The Balaban J connectivity index is 1.57. The number of nitrogens with one attached hydrogen (secondary N) is 1. The SMILES string of the molecule is Cc1ccc(NC(=O)c2coc3cc(Oc4ccnc(N)n4)ccc23)cc1C. The molecule has 7 heteroatoms. The quantitative estimate of drug-likeness (QED) is 0.546. The summed E-state index contributed by atoms with van der Waals surface area (Å²) >= 11 is 0. The normalized spacial score (nSPS) is 10.8. The maximum Gasteiger partial charge on any atom is 0.259 e. The van der Waals surface area contributed by atoms with Crippen molar-refractivity contribution in [3.8, 4) is 11.6 Å². The second-order valence-corrected chi connectivity index (χ2v) is 6.42. The summed E-state index contributed by atoms with van der Waals surface area (Å²) in [5.41, 5.74) is 9.56. The van der Waals surface area contributed by atoms with E-state index in [9.17, 15) is 4.79 Å². The predicted molar refractivity (Wildman–Crippen MR) is 107 cm³/mol. The third kappa shape index (κ3) is 3.50. The van der Waals surface area contributed by atoms with Crippen molar-refractivity contribution < 1.29 is 13.9 Å². The summed E-state index contributed by atoms with van der Waals surface area (Å²) in [6.45, 7) is 4.03. The molecule has 4 aromatic rings. The zero-order chi connectivity index (χ0) is 19.7. The molecule has 0 unspecified atom stereocenters. The summed E-state index contributed by atoms with van der Waals surface area (Å²) in [5.74, 6) is 0.730. The van der Waals surface area contributed by atoms with Crippen molar-refractivity contribution in [2.24, 2.45) is 0 Å². The van der Waals surface area contributed by atoms with E-state index in [2.05, 4.69) is 15.3 Å². The predicted octanol–water partition coefficient (Wildman–Crippen LogP) is 4.47. The number of furan rings is 1. The fourth-order valence-corrected chi connectivity index (χ4v) is 2.80. The van der Waals surface area contributed by atoms with Gasteiger partial charge in [0.1, 0.15) is 17.6 Å². The van der Waals surface area contributed by atoms with Gasteiger partial charge < -0.3 is 20.2 Å². The molecular weight excluding hydrogens is 356 g/mol. The second-order valence-electron chi connectivity index (χ2n) is 6.42. The fourth-order valence-electron chi connectivity index (χ4n) is 2.80. The van der Waals surface area contributed by atoms with Crippen LogP contribution < -0.4 is 15.8 Å². The van der Waals surface area contributed by atoms with Crippen LogP contribution in [0.1, 0.15) is 21.5 Å². The summed E-state index contributed by atoms with van der Waals surface area (Å²) in [4.78, 5) is 20.5. The van der Waals surface area contributed by atoms with Crippen LogP contribution in [0, 0.1) is 13.8 Å². The Morgan fingerprint density at radius 1 is 1.11 bits per heavy atom. The number of aryl methyl sites for hydroxylation is 2. The Morgan fingerprint density at radius 3 is 2.75 bits per heavy atom. The molecule has 0 atom stereocenters. The standard InChI is InChI=1S/C21H18N4O3/c1-12-3-4-14(9-13(12)2)24-20(26)17-11-27-18-10-15(5-6-16(17)18)28-19-7-8-23-21(22)25-19/h3-11H,1-2H3,(H,24,26)(H2,22,23,25). The molecule has 0 saturated carbocycles. The highest BCUT2D eigenvalue weighted by molar-refractivity contribution is 6.12. The van der Waals surface area contributed by atoms with Crippen LogP contribution in [0.4, 0.5) is 11.6 Å². The lowest BCUT2D eigenvalue weighted by molar-refractivity contribution is 0.102. The minimum atomic E-state index is -0.237. The smallest absolute Gasteiger partial charge is 0.259 e. The first-order chi connectivity index (χ1) is 13.5. The van der Waals surface area contributed by atoms with Crippen molar-refractivity contribution in [3.63, 3.8) is 0 Å². The van der Waals surface area contributed by atoms with E-state index in [4.69, 9.17) is 14.9 Å². The maximum atomic E-state index is 12.7. The van der Waals surface area contributed by atoms with Crippen LogP contribution >= 0.6 is 0 Å². The minimum absolute atomic E-state index is 0.127. The molecule has 1 amide bonds. The van der Waals surface area contributed by atoms with Crippen LogP contribution in [-0.4, -0.2) is 15.9 Å². The highest BCUT2D eigenvalue weighted by atomic mass is 16.5. The lowest BCUT2D eigenvalue weighted by atomic mass is 10.1. The van der Waals surface area contributed by atoms with E-state index in [1.165, 1.54) is 18.0 Å². The largest absolute Gasteiger partial charge is 0.463 e. The van der Waals surface area contributed by atoms with Crippen LogP contribution in [0.25, 0.3) is 11.0 Å². The Morgan fingerprint density at radius 2 is 1.96 bits per heavy atom. The minimum Gasteiger partial charge on any atom is -0.463 e. The molecule has 0 fully saturated rings. The van der Waals surface area contributed by atoms with Gasteiger partial charge in [-0.1, -0.05) is 6.07 Å². The van der Waals surface area contributed by atoms with E-state index in [-0.39, 0.29) is 11.9 Å². The molecule has 2 aromatic carbocycles. The van der Waals surface area contributed by atoms with Crippen molar-refractivity contribution in [2.75, 3.05) is 11.1 Å². The van der Waals surface area contributed by atoms with E-state index in [1.54, 1.807) is 24.3 Å². The summed E-state index contributed by atoms with van der Waals surface area (Å²) < 4.78 is 11.2. The molecule has 0 saturated heterocycles. The number of fused-ring (bicyclic) bond motifs is 1. The Labute approximate surface area is 161 Å². The van der Waals surface area contributed by atoms with E-state index in [1.807, 2.05) is 32.0 Å². The molecule has 0 aliphatic heterocycles. The van der Waals surface area contributed by atoms with Gasteiger partial charge in [0.15, 0.2) is 0 Å². The average Bonchev–Trinajstić information content (AvgIpc) is 3.08. The van der Waals surface area contributed by atoms with Gasteiger partial charge in [-0.25, -0.2) is 4.98 Å². The number of benzene rings is 2. The van der Waals surface area contributed by atoms with Crippen LogP contribution in [0.2, 0.25) is 0 Å². The highest BCUT2D eigenvalue weighted by Crippen LogP contribution is 2.28. The van der Waals surface area contributed by atoms with Gasteiger partial charge in [0.05, 0.1) is 5.56 Å². The second kappa shape index (κ2) is 7.03. The molecule has 0 spiro atoms. The molecule has 7 nitrogen and oxygen atoms in total. The van der Waals surface area contributed by atoms with Gasteiger partial charge in [0, 0.05) is 29.4 Å². The van der Waals surface area contributed by atoms with E-state index in [0.717, 1.165) is 11.3 Å². The average molecular weight is 374 g/mol. The zero-order valence-corrected chi connectivity index (χ0v) is 15.4. The lowest BCUT2D eigenvalue weighted by Crippen LogP contribution is -2.11. The fraction of sp³-hybridized carbons (Fsp3) is 0.0952. The van der Waals surface area contributed by atoms with E-state index in [0.29, 0.717) is 28.2 Å². The monoisotopic (exact) mass is 374 g/mol. The summed E-state index contributed by atoms with van der Waals surface area (Å²) in [6, 6.07) is 12.6. The summed E-state index contributed by atoms with van der Waals surface area (Å²) in [6.07, 6.45) is 2.95. The number of rotatable bonds is 4. The first kappa shape index (κ1) is 17.5. The molecule has 2 aromatic heterocycles. The molecule has 0 aliphatic rings. The number of carbonyl (C=O) groups excluding carboxylic acids is 1. The molecule has 0 aliphatic carbocycles. The number of ether oxygens (including phenoxy) is 1. The van der Waals surface area contributed by atoms with Crippen molar-refractivity contribution in [1.82, 2.24) is 9.97 Å². The van der Waals surface area contributed by atoms with Crippen molar-refractivity contribution in [3.05, 3.63) is 71.6 Å². The molecule has 0 bridgehead atoms. The number of nitrogens with two attached hydrogens (primary N) is 1. The Hall–Kier alpha value is -3.87. The lowest BCUT2D eigenvalue weighted by Gasteiger charge is -2.07. The third-order valence-electron chi connectivity index (χ3n) is 4.43. The number of nitrogen functional groups attached to an aromatic ring is 1. The van der Waals surface area contributed by atoms with Gasteiger partial charge in [-0.3, -0.25) is 4.79 Å². The van der Waals surface area contributed by atoms with E-state index < -0.39 is 0 Å². The number of aromatic nitrogens is 2. The van der Waals surface area contributed by atoms with Gasteiger partial charge in [0.2, 0.25) is 11.8 Å². The molecular formula is C21H18N4O3. The van der Waals surface area contributed by atoms with Gasteiger partial charge >= 0.3 is 0 Å². The number of nitrogens with zero attached hydrogens (tertiary/aromatic N) is 2. The number of anilines is 2. The van der Waals surface area contributed by atoms with Crippen LogP contribution in [0.15, 0.2) is 59.3 Å². The Kier molecular flexibility index (Phi) is 4.41. The molecule has 4 rings (SSSR count). The first-order valence-corrected chi connectivity index (χ1v) is 8.66. The third-order valence-corrected chi connectivity index (χ3v) is 4.43. The van der Waals surface area contributed by atoms with Gasteiger partial charge in [0.25, 0.3) is 5.91 Å². The van der Waals surface area contributed by atoms with Crippen LogP contribution in [0.5, 0.6) is 11.6 Å². The van der Waals surface area contributed by atoms with Crippen molar-refractivity contribution in [1.29, 1.82) is 0 Å². The molecule has 2 heterocycles. The molecule has 140 valence electrons. The first-order valence-electron chi connectivity index (χ1n) is 8.66.